The third-order valence-electron chi connectivity index (χ3n) is 7.75. The summed E-state index contributed by atoms with van der Waals surface area (Å²) in [6.07, 6.45) is -1.42. The monoisotopic (exact) mass is 601 g/mol. The zero-order chi connectivity index (χ0) is 30.4. The molecule has 0 radical (unpaired) electrons. The van der Waals surface area contributed by atoms with Gasteiger partial charge in [-0.1, -0.05) is 45.0 Å². The Bertz CT molecular complexity index is 1230. The van der Waals surface area contributed by atoms with Gasteiger partial charge in [-0.25, -0.2) is 4.98 Å². The highest BCUT2D eigenvalue weighted by Gasteiger charge is 2.45. The second-order valence-electron chi connectivity index (χ2n) is 12.0. The van der Waals surface area contributed by atoms with Crippen molar-refractivity contribution in [1.29, 1.82) is 0 Å². The van der Waals surface area contributed by atoms with Gasteiger partial charge in [-0.15, -0.1) is 11.3 Å². The molecule has 0 aliphatic carbocycles. The number of hydrogen-bond donors (Lipinski definition) is 3. The average Bonchev–Trinajstić information content (AvgIpc) is 3.58. The Balaban J connectivity index is 1.39. The van der Waals surface area contributed by atoms with Crippen LogP contribution in [0.25, 0.3) is 10.4 Å². The van der Waals surface area contributed by atoms with Crippen molar-refractivity contribution in [1.82, 2.24) is 25.4 Å². The first-order valence-corrected chi connectivity index (χ1v) is 15.2. The number of β-amino-alcohol motifs (C(OH)–C–C–N with tert-alkyl or cyclic N) is 1. The largest absolute Gasteiger partial charge is 0.391 e. The maximum Gasteiger partial charge on any atom is 0.251 e. The van der Waals surface area contributed by atoms with Crippen LogP contribution in [0.5, 0.6) is 0 Å². The fourth-order valence-electron chi connectivity index (χ4n) is 5.30. The first-order chi connectivity index (χ1) is 20.0. The molecule has 0 unspecified atom stereocenters. The highest BCUT2D eigenvalue weighted by Crippen LogP contribution is 2.28. The van der Waals surface area contributed by atoms with E-state index < -0.39 is 35.6 Å². The lowest BCUT2D eigenvalue weighted by Gasteiger charge is -2.37. The summed E-state index contributed by atoms with van der Waals surface area (Å²) >= 11 is 1.58. The molecular formula is C30H43N5O6S. The number of aryl methyl sites for hydroxylation is 1. The van der Waals surface area contributed by atoms with Gasteiger partial charge in [0.15, 0.2) is 0 Å². The zero-order valence-electron chi connectivity index (χ0n) is 25.1. The molecule has 2 aliphatic heterocycles. The number of morpholine rings is 1. The van der Waals surface area contributed by atoms with Gasteiger partial charge < -0.3 is 30.1 Å². The van der Waals surface area contributed by atoms with E-state index in [-0.39, 0.29) is 31.3 Å². The van der Waals surface area contributed by atoms with Crippen molar-refractivity contribution in [2.45, 2.75) is 65.0 Å². The Morgan fingerprint density at radius 2 is 1.93 bits per heavy atom. The van der Waals surface area contributed by atoms with Gasteiger partial charge in [-0.2, -0.15) is 0 Å². The van der Waals surface area contributed by atoms with Gasteiger partial charge in [-0.05, 0) is 23.5 Å². The van der Waals surface area contributed by atoms with Crippen molar-refractivity contribution in [3.8, 4) is 10.4 Å². The topological polar surface area (TPSA) is 133 Å². The van der Waals surface area contributed by atoms with E-state index in [1.807, 2.05) is 57.5 Å². The van der Waals surface area contributed by atoms with Crippen molar-refractivity contribution >= 4 is 29.1 Å². The fraction of sp³-hybridized carbons (Fsp3) is 0.600. The van der Waals surface area contributed by atoms with Crippen LogP contribution >= 0.6 is 11.3 Å². The minimum atomic E-state index is -0.911. The van der Waals surface area contributed by atoms with Gasteiger partial charge in [0.25, 0.3) is 5.91 Å². The molecule has 1 aromatic carbocycles. The van der Waals surface area contributed by atoms with Gasteiger partial charge in [0.2, 0.25) is 11.8 Å². The first kappa shape index (κ1) is 32.0. The number of nitrogens with zero attached hydrogens (tertiary/aromatic N) is 3. The van der Waals surface area contributed by atoms with Gasteiger partial charge in [-0.3, -0.25) is 19.3 Å². The van der Waals surface area contributed by atoms with Crippen LogP contribution in [0.4, 0.5) is 0 Å². The lowest BCUT2D eigenvalue weighted by atomic mass is 9.85. The van der Waals surface area contributed by atoms with Crippen LogP contribution in [0.2, 0.25) is 0 Å². The van der Waals surface area contributed by atoms with Gasteiger partial charge in [0.05, 0.1) is 35.4 Å². The maximum atomic E-state index is 13.9. The molecule has 11 nitrogen and oxygen atoms in total. The molecule has 3 amide bonds. The van der Waals surface area contributed by atoms with Gasteiger partial charge >= 0.3 is 0 Å². The van der Waals surface area contributed by atoms with E-state index in [1.165, 1.54) is 4.90 Å². The quantitative estimate of drug-likeness (QED) is 0.374. The number of amides is 3. The van der Waals surface area contributed by atoms with Crippen molar-refractivity contribution in [2.75, 3.05) is 46.5 Å². The number of ether oxygens (including phenoxy) is 2. The molecule has 2 fully saturated rings. The molecule has 1 aromatic heterocycles. The Hall–Kier alpha value is -2.90. The molecular weight excluding hydrogens is 558 g/mol. The number of methoxy groups -OCH3 is 1. The number of carbonyl (C=O) groups excluding carboxylic acids is 3. The van der Waals surface area contributed by atoms with E-state index in [1.54, 1.807) is 18.4 Å². The Kier molecular flexibility index (Phi) is 10.7. The van der Waals surface area contributed by atoms with Crippen LogP contribution in [-0.2, 0) is 30.4 Å². The first-order valence-electron chi connectivity index (χ1n) is 14.4. The SMILES string of the molecule is COCCN1CCO[C@H](C(=O)N[C@H](C(=O)N2C[C@H](O)C[C@H]2C(=O)NCc2ccc(-c3scnc3C)cc2)C(C)(C)C)C1. The smallest absolute Gasteiger partial charge is 0.251 e. The molecule has 2 saturated heterocycles. The van der Waals surface area contributed by atoms with E-state index in [0.717, 1.165) is 21.7 Å². The molecule has 0 spiro atoms. The van der Waals surface area contributed by atoms with Crippen molar-refractivity contribution in [2.24, 2.45) is 5.41 Å². The second-order valence-corrected chi connectivity index (χ2v) is 12.9. The minimum absolute atomic E-state index is 0.0208. The molecule has 4 rings (SSSR count). The highest BCUT2D eigenvalue weighted by atomic mass is 32.1. The van der Waals surface area contributed by atoms with Crippen LogP contribution in [0, 0.1) is 12.3 Å². The summed E-state index contributed by atoms with van der Waals surface area (Å²) in [6.45, 7) is 10.6. The lowest BCUT2D eigenvalue weighted by molar-refractivity contribution is -0.148. The number of aliphatic hydroxyl groups excluding tert-OH is 1. The lowest BCUT2D eigenvalue weighted by Crippen LogP contribution is -2.60. The van der Waals surface area contributed by atoms with Crippen molar-refractivity contribution in [3.05, 3.63) is 41.0 Å². The van der Waals surface area contributed by atoms with Gasteiger partial charge in [0, 0.05) is 46.3 Å². The number of aliphatic hydroxyl groups is 1. The standard InChI is InChI=1S/C30H43N5O6S/c1-19-25(42-18-32-19)21-8-6-20(7-9-21)15-31-27(37)23-14-22(36)16-35(23)29(39)26(30(2,3)4)33-28(38)24-17-34(10-12-40-5)11-13-41-24/h6-9,18,22-24,26,36H,10-17H2,1-5H3,(H,31,37)(H,33,38)/t22-,23+,24+,26-/m1/s1. The average molecular weight is 602 g/mol. The number of carbonyl (C=O) groups is 3. The highest BCUT2D eigenvalue weighted by molar-refractivity contribution is 7.13. The van der Waals surface area contributed by atoms with E-state index in [9.17, 15) is 19.5 Å². The van der Waals surface area contributed by atoms with E-state index in [0.29, 0.717) is 32.8 Å². The third-order valence-corrected chi connectivity index (χ3v) is 8.72. The Morgan fingerprint density at radius 3 is 2.57 bits per heavy atom. The van der Waals surface area contributed by atoms with E-state index in [2.05, 4.69) is 20.5 Å². The zero-order valence-corrected chi connectivity index (χ0v) is 25.9. The summed E-state index contributed by atoms with van der Waals surface area (Å²) in [7, 11) is 1.63. The van der Waals surface area contributed by atoms with E-state index >= 15 is 0 Å². The third kappa shape index (κ3) is 7.93. The molecule has 42 heavy (non-hydrogen) atoms. The predicted octanol–water partition coefficient (Wildman–Crippen LogP) is 1.57. The normalized spacial score (nSPS) is 22.1. The van der Waals surface area contributed by atoms with Crippen LogP contribution in [0.15, 0.2) is 29.8 Å². The summed E-state index contributed by atoms with van der Waals surface area (Å²) < 4.78 is 10.9. The summed E-state index contributed by atoms with van der Waals surface area (Å²) in [4.78, 5) is 49.3. The van der Waals surface area contributed by atoms with Crippen LogP contribution in [-0.4, -0.2) is 108 Å². The molecule has 3 N–H and O–H groups in total. The summed E-state index contributed by atoms with van der Waals surface area (Å²) in [5.74, 6) is -1.11. The van der Waals surface area contributed by atoms with Crippen LogP contribution in [0.3, 0.4) is 0 Å². The number of nitrogens with one attached hydrogen (secondary N) is 2. The van der Waals surface area contributed by atoms with Crippen molar-refractivity contribution in [3.63, 3.8) is 0 Å². The molecule has 0 bridgehead atoms. The molecule has 0 saturated carbocycles. The molecule has 3 heterocycles. The number of thiazole rings is 1. The summed E-state index contributed by atoms with van der Waals surface area (Å²) in [5.41, 5.74) is 4.13. The fourth-order valence-corrected chi connectivity index (χ4v) is 6.11. The summed E-state index contributed by atoms with van der Waals surface area (Å²) in [6, 6.07) is 6.16. The van der Waals surface area contributed by atoms with Crippen LogP contribution < -0.4 is 10.6 Å². The number of benzene rings is 1. The predicted molar refractivity (Wildman–Crippen MR) is 160 cm³/mol. The molecule has 2 aromatic rings. The summed E-state index contributed by atoms with van der Waals surface area (Å²) in [5, 5.41) is 16.3. The molecule has 4 atom stereocenters. The van der Waals surface area contributed by atoms with Crippen molar-refractivity contribution < 1.29 is 29.0 Å². The molecule has 2 aliphatic rings. The number of aromatic nitrogens is 1. The van der Waals surface area contributed by atoms with E-state index in [4.69, 9.17) is 9.47 Å². The Labute approximate surface area is 251 Å². The van der Waals surface area contributed by atoms with Crippen LogP contribution in [0.1, 0.15) is 38.4 Å². The second kappa shape index (κ2) is 14.0. The van der Waals surface area contributed by atoms with Gasteiger partial charge in [0.1, 0.15) is 18.2 Å². The number of likely N-dealkylation sites (tertiary alicyclic amines) is 1. The Morgan fingerprint density at radius 1 is 1.19 bits per heavy atom. The molecule has 230 valence electrons. The maximum absolute atomic E-state index is 13.9. The number of hydrogen-bond acceptors (Lipinski definition) is 9. The molecule has 12 heteroatoms. The number of rotatable bonds is 10. The minimum Gasteiger partial charge on any atom is -0.391 e.